The van der Waals surface area contributed by atoms with Gasteiger partial charge in [-0.25, -0.2) is 13.1 Å². The summed E-state index contributed by atoms with van der Waals surface area (Å²) in [6, 6.07) is 16.9. The van der Waals surface area contributed by atoms with Gasteiger partial charge in [-0.3, -0.25) is 4.79 Å². The van der Waals surface area contributed by atoms with Crippen molar-refractivity contribution in [1.82, 2.24) is 10.0 Å². The molecule has 0 bridgehead atoms. The molecule has 0 aromatic heterocycles. The zero-order valence-corrected chi connectivity index (χ0v) is 16.7. The third-order valence-corrected chi connectivity index (χ3v) is 4.98. The predicted octanol–water partition coefficient (Wildman–Crippen LogP) is 2.82. The average Bonchev–Trinajstić information content (AvgIpc) is 2.71. The van der Waals surface area contributed by atoms with Gasteiger partial charge in [0.15, 0.2) is 0 Å². The summed E-state index contributed by atoms with van der Waals surface area (Å²) in [6.45, 7) is 3.63. The first kappa shape index (κ1) is 21.8. The van der Waals surface area contributed by atoms with Crippen LogP contribution in [0, 0.1) is 0 Å². The number of carbonyl (C=O) groups is 1. The van der Waals surface area contributed by atoms with Gasteiger partial charge in [0.05, 0.1) is 6.61 Å². The third-order valence-electron chi connectivity index (χ3n) is 3.88. The van der Waals surface area contributed by atoms with Gasteiger partial charge in [0.25, 0.3) is 0 Å². The zero-order valence-electron chi connectivity index (χ0n) is 15.9. The summed E-state index contributed by atoms with van der Waals surface area (Å²) >= 11 is 0. The van der Waals surface area contributed by atoms with Crippen molar-refractivity contribution in [3.8, 4) is 0 Å². The van der Waals surface area contributed by atoms with Crippen LogP contribution in [0.4, 0.5) is 0 Å². The number of ether oxygens (including phenoxy) is 1. The molecule has 0 radical (unpaired) electrons. The molecule has 0 aliphatic carbocycles. The lowest BCUT2D eigenvalue weighted by atomic mass is 10.1. The van der Waals surface area contributed by atoms with Crippen LogP contribution in [-0.2, 0) is 32.7 Å². The summed E-state index contributed by atoms with van der Waals surface area (Å²) in [4.78, 5) is 11.9. The maximum absolute atomic E-state index is 11.9. The number of nitrogens with one attached hydrogen (secondary N) is 2. The zero-order chi connectivity index (χ0) is 20.2. The minimum Gasteiger partial charge on any atom is -0.377 e. The number of carbonyl (C=O) groups excluding carboxylic acids is 1. The molecule has 0 spiro atoms. The van der Waals surface area contributed by atoms with Gasteiger partial charge < -0.3 is 10.1 Å². The SMILES string of the molecule is CCOCc1ccc(CNC(=O)CCNS(=O)(=O)/C=C/c2ccccc2)cc1. The van der Waals surface area contributed by atoms with E-state index in [4.69, 9.17) is 4.74 Å². The minimum absolute atomic E-state index is 0.0423. The van der Waals surface area contributed by atoms with E-state index in [1.165, 1.54) is 6.08 Å². The number of rotatable bonds is 11. The molecule has 1 amide bonds. The minimum atomic E-state index is -3.58. The first-order valence-corrected chi connectivity index (χ1v) is 10.7. The van der Waals surface area contributed by atoms with Crippen LogP contribution in [0.5, 0.6) is 0 Å². The maximum Gasteiger partial charge on any atom is 0.233 e. The second kappa shape index (κ2) is 11.4. The quantitative estimate of drug-likeness (QED) is 0.605. The van der Waals surface area contributed by atoms with E-state index in [1.54, 1.807) is 0 Å². The standard InChI is InChI=1S/C21H26N2O4S/c1-2-27-17-20-10-8-19(9-11-20)16-22-21(24)12-14-23-28(25,26)15-13-18-6-4-3-5-7-18/h3-11,13,15,23H,2,12,14,16-17H2,1H3,(H,22,24)/b15-13+. The number of benzene rings is 2. The Morgan fingerprint density at radius 3 is 2.39 bits per heavy atom. The molecule has 0 unspecified atom stereocenters. The molecule has 6 nitrogen and oxygen atoms in total. The van der Waals surface area contributed by atoms with Gasteiger partial charge in [-0.05, 0) is 29.7 Å². The smallest absolute Gasteiger partial charge is 0.233 e. The second-order valence-electron chi connectivity index (χ2n) is 6.13. The monoisotopic (exact) mass is 402 g/mol. The highest BCUT2D eigenvalue weighted by atomic mass is 32.2. The van der Waals surface area contributed by atoms with Crippen LogP contribution >= 0.6 is 0 Å². The molecule has 150 valence electrons. The van der Waals surface area contributed by atoms with E-state index >= 15 is 0 Å². The molecular formula is C21H26N2O4S. The van der Waals surface area contributed by atoms with E-state index in [-0.39, 0.29) is 18.9 Å². The Hall–Kier alpha value is -2.48. The van der Waals surface area contributed by atoms with E-state index in [0.717, 1.165) is 22.1 Å². The van der Waals surface area contributed by atoms with Crippen LogP contribution in [-0.4, -0.2) is 27.5 Å². The molecule has 0 heterocycles. The molecule has 2 aromatic rings. The highest BCUT2D eigenvalue weighted by Gasteiger charge is 2.07. The molecule has 28 heavy (non-hydrogen) atoms. The Bertz CT molecular complexity index is 863. The van der Waals surface area contributed by atoms with Gasteiger partial charge in [-0.2, -0.15) is 0 Å². The number of sulfonamides is 1. The van der Waals surface area contributed by atoms with Gasteiger partial charge >= 0.3 is 0 Å². The van der Waals surface area contributed by atoms with Crippen molar-refractivity contribution < 1.29 is 17.9 Å². The summed E-state index contributed by atoms with van der Waals surface area (Å²) in [6.07, 6.45) is 1.58. The van der Waals surface area contributed by atoms with E-state index in [9.17, 15) is 13.2 Å². The van der Waals surface area contributed by atoms with E-state index in [0.29, 0.717) is 19.8 Å². The van der Waals surface area contributed by atoms with E-state index < -0.39 is 10.0 Å². The van der Waals surface area contributed by atoms with Gasteiger partial charge in [-0.1, -0.05) is 54.6 Å². The highest BCUT2D eigenvalue weighted by Crippen LogP contribution is 2.06. The largest absolute Gasteiger partial charge is 0.377 e. The number of hydrogen-bond acceptors (Lipinski definition) is 4. The van der Waals surface area contributed by atoms with Crippen LogP contribution in [0.1, 0.15) is 30.0 Å². The molecule has 0 atom stereocenters. The van der Waals surface area contributed by atoms with Crippen molar-refractivity contribution in [2.24, 2.45) is 0 Å². The highest BCUT2D eigenvalue weighted by molar-refractivity contribution is 7.92. The fourth-order valence-electron chi connectivity index (χ4n) is 2.35. The molecule has 2 aromatic carbocycles. The number of amides is 1. The van der Waals surface area contributed by atoms with Gasteiger partial charge in [-0.15, -0.1) is 0 Å². The van der Waals surface area contributed by atoms with Crippen LogP contribution in [0.3, 0.4) is 0 Å². The van der Waals surface area contributed by atoms with Crippen LogP contribution in [0.15, 0.2) is 60.0 Å². The molecule has 0 saturated carbocycles. The first-order valence-electron chi connectivity index (χ1n) is 9.13. The lowest BCUT2D eigenvalue weighted by Gasteiger charge is -2.07. The van der Waals surface area contributed by atoms with Crippen LogP contribution < -0.4 is 10.0 Å². The molecule has 7 heteroatoms. The van der Waals surface area contributed by atoms with Crippen molar-refractivity contribution in [3.05, 3.63) is 76.7 Å². The Morgan fingerprint density at radius 2 is 1.71 bits per heavy atom. The maximum atomic E-state index is 11.9. The van der Waals surface area contributed by atoms with Crippen molar-refractivity contribution in [3.63, 3.8) is 0 Å². The number of hydrogen-bond donors (Lipinski definition) is 2. The van der Waals surface area contributed by atoms with Crippen molar-refractivity contribution >= 4 is 22.0 Å². The Balaban J connectivity index is 1.70. The molecule has 0 saturated heterocycles. The first-order chi connectivity index (χ1) is 13.5. The lowest BCUT2D eigenvalue weighted by Crippen LogP contribution is -2.29. The third kappa shape index (κ3) is 8.47. The van der Waals surface area contributed by atoms with Crippen molar-refractivity contribution in [2.45, 2.75) is 26.5 Å². The summed E-state index contributed by atoms with van der Waals surface area (Å²) in [5, 5.41) is 3.88. The fourth-order valence-corrected chi connectivity index (χ4v) is 3.17. The van der Waals surface area contributed by atoms with Crippen molar-refractivity contribution in [1.29, 1.82) is 0 Å². The molecule has 0 aliphatic heterocycles. The molecule has 2 N–H and O–H groups in total. The normalized spacial score (nSPS) is 11.6. The molecule has 0 aliphatic rings. The Morgan fingerprint density at radius 1 is 1.04 bits per heavy atom. The van der Waals surface area contributed by atoms with Crippen molar-refractivity contribution in [2.75, 3.05) is 13.2 Å². The summed E-state index contributed by atoms with van der Waals surface area (Å²) in [7, 11) is -3.58. The summed E-state index contributed by atoms with van der Waals surface area (Å²) in [5.41, 5.74) is 2.84. The molecule has 0 fully saturated rings. The summed E-state index contributed by atoms with van der Waals surface area (Å²) < 4.78 is 31.6. The van der Waals surface area contributed by atoms with Gasteiger partial charge in [0.1, 0.15) is 0 Å². The molecule has 2 rings (SSSR count). The van der Waals surface area contributed by atoms with Gasteiger partial charge in [0.2, 0.25) is 15.9 Å². The van der Waals surface area contributed by atoms with Crippen LogP contribution in [0.2, 0.25) is 0 Å². The van der Waals surface area contributed by atoms with E-state index in [2.05, 4.69) is 10.0 Å². The molecular weight excluding hydrogens is 376 g/mol. The Labute approximate surface area is 166 Å². The fraction of sp³-hybridized carbons (Fsp3) is 0.286. The predicted molar refractivity (Wildman–Crippen MR) is 111 cm³/mol. The Kier molecular flexibility index (Phi) is 8.87. The van der Waals surface area contributed by atoms with Gasteiger partial charge in [0, 0.05) is 31.5 Å². The van der Waals surface area contributed by atoms with Crippen LogP contribution in [0.25, 0.3) is 6.08 Å². The topological polar surface area (TPSA) is 84.5 Å². The average molecular weight is 403 g/mol. The second-order valence-corrected chi connectivity index (χ2v) is 7.78. The summed E-state index contributed by atoms with van der Waals surface area (Å²) in [5.74, 6) is -0.215. The van der Waals surface area contributed by atoms with E-state index in [1.807, 2.05) is 61.5 Å². The lowest BCUT2D eigenvalue weighted by molar-refractivity contribution is -0.121.